The Balaban J connectivity index is 2.89. The van der Waals surface area contributed by atoms with Gasteiger partial charge in [-0.15, -0.1) is 0 Å². The largest absolute Gasteiger partial charge is 0.478 e. The lowest BCUT2D eigenvalue weighted by molar-refractivity contribution is -0.131. The van der Waals surface area contributed by atoms with Crippen LogP contribution < -0.4 is 4.90 Å². The van der Waals surface area contributed by atoms with Crippen LogP contribution in [0.25, 0.3) is 6.08 Å². The SMILES string of the molecule is CC(C)CC(C)N(C)c1ccc(/C=C/C(=O)O)cc1Br. The minimum atomic E-state index is -0.937. The van der Waals surface area contributed by atoms with Gasteiger partial charge in [0, 0.05) is 23.6 Å². The summed E-state index contributed by atoms with van der Waals surface area (Å²) in [6.45, 7) is 6.66. The Hall–Kier alpha value is -1.29. The molecular formula is C16H22BrNO2. The zero-order chi connectivity index (χ0) is 15.3. The molecule has 1 rings (SSSR count). The van der Waals surface area contributed by atoms with Crippen LogP contribution in [0.2, 0.25) is 0 Å². The van der Waals surface area contributed by atoms with Crippen molar-refractivity contribution in [1.82, 2.24) is 0 Å². The number of carboxylic acid groups (broad SMARTS) is 1. The molecule has 0 spiro atoms. The van der Waals surface area contributed by atoms with Crippen molar-refractivity contribution in [2.75, 3.05) is 11.9 Å². The van der Waals surface area contributed by atoms with Gasteiger partial charge in [-0.1, -0.05) is 19.9 Å². The summed E-state index contributed by atoms with van der Waals surface area (Å²) in [4.78, 5) is 12.8. The van der Waals surface area contributed by atoms with E-state index in [4.69, 9.17) is 5.11 Å². The summed E-state index contributed by atoms with van der Waals surface area (Å²) in [5, 5.41) is 8.64. The van der Waals surface area contributed by atoms with E-state index in [1.54, 1.807) is 6.08 Å². The maximum atomic E-state index is 10.5. The molecule has 0 bridgehead atoms. The molecular weight excluding hydrogens is 318 g/mol. The van der Waals surface area contributed by atoms with Gasteiger partial charge in [-0.25, -0.2) is 4.79 Å². The molecule has 0 saturated heterocycles. The molecule has 0 aliphatic carbocycles. The lowest BCUT2D eigenvalue weighted by Gasteiger charge is -2.29. The molecule has 1 atom stereocenters. The molecule has 0 saturated carbocycles. The first kappa shape index (κ1) is 16.8. The highest BCUT2D eigenvalue weighted by atomic mass is 79.9. The Kier molecular flexibility index (Phi) is 6.27. The number of hydrogen-bond acceptors (Lipinski definition) is 2. The van der Waals surface area contributed by atoms with Crippen molar-refractivity contribution < 1.29 is 9.90 Å². The number of carbonyl (C=O) groups is 1. The van der Waals surface area contributed by atoms with Crippen LogP contribution in [0.4, 0.5) is 5.69 Å². The van der Waals surface area contributed by atoms with Crippen molar-refractivity contribution >= 4 is 33.7 Å². The topological polar surface area (TPSA) is 40.5 Å². The van der Waals surface area contributed by atoms with E-state index in [0.29, 0.717) is 12.0 Å². The molecule has 0 aliphatic heterocycles. The summed E-state index contributed by atoms with van der Waals surface area (Å²) in [5.41, 5.74) is 1.98. The van der Waals surface area contributed by atoms with Gasteiger partial charge in [0.25, 0.3) is 0 Å². The number of anilines is 1. The van der Waals surface area contributed by atoms with E-state index in [9.17, 15) is 4.79 Å². The fourth-order valence-corrected chi connectivity index (χ4v) is 2.83. The summed E-state index contributed by atoms with van der Waals surface area (Å²) in [6, 6.07) is 6.33. The van der Waals surface area contributed by atoms with Gasteiger partial charge in [0.2, 0.25) is 0 Å². The maximum absolute atomic E-state index is 10.5. The van der Waals surface area contributed by atoms with Crippen LogP contribution >= 0.6 is 15.9 Å². The molecule has 1 unspecified atom stereocenters. The van der Waals surface area contributed by atoms with Crippen LogP contribution in [-0.2, 0) is 4.79 Å². The molecule has 20 heavy (non-hydrogen) atoms. The summed E-state index contributed by atoms with van der Waals surface area (Å²) < 4.78 is 0.975. The molecule has 0 fully saturated rings. The Morgan fingerprint density at radius 1 is 1.40 bits per heavy atom. The summed E-state index contributed by atoms with van der Waals surface area (Å²) in [5.74, 6) is -0.281. The van der Waals surface area contributed by atoms with E-state index < -0.39 is 5.97 Å². The Morgan fingerprint density at radius 3 is 2.55 bits per heavy atom. The van der Waals surface area contributed by atoms with Crippen LogP contribution in [-0.4, -0.2) is 24.2 Å². The zero-order valence-corrected chi connectivity index (χ0v) is 14.0. The first-order valence-corrected chi connectivity index (χ1v) is 7.54. The quantitative estimate of drug-likeness (QED) is 0.780. The molecule has 1 N–H and O–H groups in total. The van der Waals surface area contributed by atoms with Gasteiger partial charge in [0.15, 0.2) is 0 Å². The van der Waals surface area contributed by atoms with Crippen LogP contribution in [0.5, 0.6) is 0 Å². The Bertz CT molecular complexity index is 497. The van der Waals surface area contributed by atoms with Crippen molar-refractivity contribution in [2.45, 2.75) is 33.2 Å². The van der Waals surface area contributed by atoms with Crippen molar-refractivity contribution in [1.29, 1.82) is 0 Å². The lowest BCUT2D eigenvalue weighted by atomic mass is 10.0. The number of nitrogens with zero attached hydrogens (tertiary/aromatic N) is 1. The highest BCUT2D eigenvalue weighted by Crippen LogP contribution is 2.29. The first-order valence-electron chi connectivity index (χ1n) is 6.74. The number of halogens is 1. The number of benzene rings is 1. The molecule has 0 heterocycles. The highest BCUT2D eigenvalue weighted by Gasteiger charge is 2.14. The fourth-order valence-electron chi connectivity index (χ4n) is 2.16. The third-order valence-corrected chi connectivity index (χ3v) is 3.88. The monoisotopic (exact) mass is 339 g/mol. The minimum Gasteiger partial charge on any atom is -0.478 e. The fraction of sp³-hybridized carbons (Fsp3) is 0.438. The molecule has 0 radical (unpaired) electrons. The van der Waals surface area contributed by atoms with Crippen molar-refractivity contribution in [3.8, 4) is 0 Å². The second-order valence-electron chi connectivity index (χ2n) is 5.47. The molecule has 0 amide bonds. The smallest absolute Gasteiger partial charge is 0.328 e. The van der Waals surface area contributed by atoms with Gasteiger partial charge in [-0.3, -0.25) is 0 Å². The highest BCUT2D eigenvalue weighted by molar-refractivity contribution is 9.10. The van der Waals surface area contributed by atoms with E-state index in [2.05, 4.69) is 48.6 Å². The number of hydrogen-bond donors (Lipinski definition) is 1. The van der Waals surface area contributed by atoms with E-state index in [1.165, 1.54) is 0 Å². The van der Waals surface area contributed by atoms with Crippen molar-refractivity contribution in [3.05, 3.63) is 34.3 Å². The second kappa shape index (κ2) is 7.48. The summed E-state index contributed by atoms with van der Waals surface area (Å²) >= 11 is 3.57. The molecule has 1 aromatic carbocycles. The number of rotatable bonds is 6. The van der Waals surface area contributed by atoms with Crippen molar-refractivity contribution in [2.24, 2.45) is 5.92 Å². The van der Waals surface area contributed by atoms with E-state index in [1.807, 2.05) is 18.2 Å². The van der Waals surface area contributed by atoms with Gasteiger partial charge in [-0.05, 0) is 59.0 Å². The molecule has 110 valence electrons. The zero-order valence-electron chi connectivity index (χ0n) is 12.4. The van der Waals surface area contributed by atoms with E-state index in [-0.39, 0.29) is 0 Å². The third-order valence-electron chi connectivity index (χ3n) is 3.24. The second-order valence-corrected chi connectivity index (χ2v) is 6.33. The Morgan fingerprint density at radius 2 is 2.05 bits per heavy atom. The molecule has 3 nitrogen and oxygen atoms in total. The van der Waals surface area contributed by atoms with Crippen LogP contribution in [0.1, 0.15) is 32.8 Å². The van der Waals surface area contributed by atoms with Gasteiger partial charge in [0.05, 0.1) is 5.69 Å². The van der Waals surface area contributed by atoms with Gasteiger partial charge in [0.1, 0.15) is 0 Å². The summed E-state index contributed by atoms with van der Waals surface area (Å²) in [7, 11) is 2.08. The maximum Gasteiger partial charge on any atom is 0.328 e. The Labute approximate surface area is 129 Å². The van der Waals surface area contributed by atoms with Crippen LogP contribution in [0, 0.1) is 5.92 Å². The predicted octanol–water partition coefficient (Wildman–Crippen LogP) is 4.42. The van der Waals surface area contributed by atoms with E-state index in [0.717, 1.165) is 28.2 Å². The van der Waals surface area contributed by atoms with Crippen LogP contribution in [0.15, 0.2) is 28.7 Å². The minimum absolute atomic E-state index is 0.451. The van der Waals surface area contributed by atoms with Gasteiger partial charge < -0.3 is 10.0 Å². The van der Waals surface area contributed by atoms with Crippen molar-refractivity contribution in [3.63, 3.8) is 0 Å². The average Bonchev–Trinajstić information content (AvgIpc) is 2.34. The molecule has 0 aromatic heterocycles. The number of aliphatic carboxylic acids is 1. The predicted molar refractivity (Wildman–Crippen MR) is 88.1 cm³/mol. The average molecular weight is 340 g/mol. The first-order chi connectivity index (χ1) is 9.31. The van der Waals surface area contributed by atoms with Gasteiger partial charge in [-0.2, -0.15) is 0 Å². The van der Waals surface area contributed by atoms with E-state index >= 15 is 0 Å². The molecule has 4 heteroatoms. The van der Waals surface area contributed by atoms with Gasteiger partial charge >= 0.3 is 5.97 Å². The van der Waals surface area contributed by atoms with Crippen LogP contribution in [0.3, 0.4) is 0 Å². The third kappa shape index (κ3) is 5.00. The molecule has 1 aromatic rings. The normalized spacial score (nSPS) is 12.9. The number of carboxylic acids is 1. The molecule has 0 aliphatic rings. The lowest BCUT2D eigenvalue weighted by Crippen LogP contribution is -2.30. The summed E-state index contributed by atoms with van der Waals surface area (Å²) in [6.07, 6.45) is 3.87. The standard InChI is InChI=1S/C16H22BrNO2/c1-11(2)9-12(3)18(4)15-7-5-13(10-14(15)17)6-8-16(19)20/h5-8,10-12H,9H2,1-4H3,(H,19,20)/b8-6+.